The highest BCUT2D eigenvalue weighted by molar-refractivity contribution is 5.89. The van der Waals surface area contributed by atoms with Gasteiger partial charge in [-0.3, -0.25) is 9.59 Å². The van der Waals surface area contributed by atoms with Gasteiger partial charge in [0.25, 0.3) is 0 Å². The topological polar surface area (TPSA) is 197 Å². The molecule has 460 valence electrons. The summed E-state index contributed by atoms with van der Waals surface area (Å²) in [5, 5.41) is 15.4. The number of nitrogens with zero attached hydrogens (tertiary/aromatic N) is 6. The number of rotatable bonds is 30. The number of anilines is 7. The molecule has 86 heavy (non-hydrogen) atoms. The molecule has 2 fully saturated rings. The third-order valence-electron chi connectivity index (χ3n) is 16.2. The molecule has 1 aliphatic heterocycles. The van der Waals surface area contributed by atoms with E-state index >= 15 is 0 Å². The minimum Gasteiger partial charge on any atom is -0.497 e. The number of hydrogen-bond acceptors (Lipinski definition) is 17. The maximum absolute atomic E-state index is 11.2. The van der Waals surface area contributed by atoms with Crippen LogP contribution in [-0.2, 0) is 38.6 Å². The van der Waals surface area contributed by atoms with Crippen LogP contribution in [-0.4, -0.2) is 96.7 Å². The molecule has 4 heterocycles. The Morgan fingerprint density at radius 2 is 0.977 bits per heavy atom. The fourth-order valence-corrected chi connectivity index (χ4v) is 11.3. The van der Waals surface area contributed by atoms with Gasteiger partial charge in [-0.05, 0) is 148 Å². The van der Waals surface area contributed by atoms with Crippen molar-refractivity contribution in [1.29, 1.82) is 0 Å². The third-order valence-corrected chi connectivity index (χ3v) is 16.2. The lowest BCUT2D eigenvalue weighted by Gasteiger charge is -2.25. The van der Waals surface area contributed by atoms with Gasteiger partial charge in [0, 0.05) is 69.1 Å². The number of unbranched alkanes of at least 4 members (excludes halogenated alkanes) is 6. The van der Waals surface area contributed by atoms with Crippen molar-refractivity contribution < 1.29 is 39.4 Å². The van der Waals surface area contributed by atoms with Gasteiger partial charge in [0.15, 0.2) is 0 Å². The largest absolute Gasteiger partial charge is 0.497 e. The van der Waals surface area contributed by atoms with Gasteiger partial charge in [-0.2, -0.15) is 19.9 Å². The number of nitrogens with one attached hydrogen (secondary N) is 4. The predicted octanol–water partition coefficient (Wildman–Crippen LogP) is 14.8. The Balaban J connectivity index is 0.000000223. The van der Waals surface area contributed by atoms with Crippen molar-refractivity contribution in [3.8, 4) is 23.0 Å². The zero-order valence-corrected chi connectivity index (χ0v) is 50.9. The van der Waals surface area contributed by atoms with E-state index in [2.05, 4.69) is 76.7 Å². The average molecular weight is 1180 g/mol. The summed E-state index contributed by atoms with van der Waals surface area (Å²) in [6.45, 7) is 3.69. The number of benzene rings is 4. The molecule has 2 aliphatic carbocycles. The summed E-state index contributed by atoms with van der Waals surface area (Å²) in [6.07, 6.45) is 24.0. The van der Waals surface area contributed by atoms with Crippen LogP contribution < -0.4 is 45.1 Å². The molecule has 0 spiro atoms. The molecule has 18 nitrogen and oxygen atoms in total. The van der Waals surface area contributed by atoms with Crippen LogP contribution in [0.25, 0.3) is 11.0 Å². The minimum absolute atomic E-state index is 0. The zero-order valence-electron chi connectivity index (χ0n) is 50.9. The number of fused-ring (bicyclic) bond motifs is 2. The summed E-state index contributed by atoms with van der Waals surface area (Å²) < 4.78 is 34.1. The van der Waals surface area contributed by atoms with E-state index in [-0.39, 0.29) is 13.4 Å². The van der Waals surface area contributed by atoms with Crippen LogP contribution in [0.4, 0.5) is 40.7 Å². The smallest absolute Gasteiger partial charge is 0.305 e. The lowest BCUT2D eigenvalue weighted by atomic mass is 9.95. The highest BCUT2D eigenvalue weighted by Crippen LogP contribution is 2.36. The van der Waals surface area contributed by atoms with Crippen LogP contribution in [0.5, 0.6) is 23.0 Å². The number of hydrogen-bond donors (Lipinski definition) is 4. The number of esters is 2. The predicted molar refractivity (Wildman–Crippen MR) is 343 cm³/mol. The SMILES string of the molecule is COC(=O)CCCCCCOc1ccc(Nc2nc(NC3CCCCC3)c3c(n2)N(Cc2ccc(OC)cc2)CC3)cc1.COC(=O)CCCCCCOc1ccc(Nc2nc(NC3CCCCC3)c3ccn(Cc4ccc(OC)cc4)c3n2)cc1.[HH]. The van der Waals surface area contributed by atoms with E-state index in [1.54, 1.807) is 14.2 Å². The maximum atomic E-state index is 11.2. The van der Waals surface area contributed by atoms with Crippen molar-refractivity contribution >= 4 is 63.7 Å². The van der Waals surface area contributed by atoms with Crippen LogP contribution in [0, 0.1) is 0 Å². The molecule has 0 atom stereocenters. The number of methoxy groups -OCH3 is 4. The second-order valence-electron chi connectivity index (χ2n) is 22.6. The monoisotopic (exact) mass is 1170 g/mol. The van der Waals surface area contributed by atoms with Crippen LogP contribution in [0.2, 0.25) is 0 Å². The molecule has 0 radical (unpaired) electrons. The van der Waals surface area contributed by atoms with E-state index in [1.165, 1.54) is 82.3 Å². The van der Waals surface area contributed by atoms with Gasteiger partial charge in [0.2, 0.25) is 11.9 Å². The summed E-state index contributed by atoms with van der Waals surface area (Å²) in [6, 6.07) is 35.3. The standard InChI is InChI=1S/C34H45N5O4.C34H43N5O4.H2/c2*1-41-28-17-13-25(14-18-28)24-39-22-21-30-32(35-26-10-6-5-7-11-26)37-34(38-33(30)39)36-27-15-19-29(20-16-27)43-23-9-4-3-8-12-31(40)42-2;/h13-20,26H,3-12,21-24H2,1-2H3,(H2,35,36,37,38);13-22,26H,3-12,23-24H2,1-2H3,(H2,35,36,37,38);1H. The summed E-state index contributed by atoms with van der Waals surface area (Å²) >= 11 is 0. The van der Waals surface area contributed by atoms with Gasteiger partial charge in [-0.25, -0.2) is 0 Å². The molecule has 0 unspecified atom stereocenters. The normalized spacial score (nSPS) is 14.1. The van der Waals surface area contributed by atoms with Crippen molar-refractivity contribution in [2.24, 2.45) is 0 Å². The van der Waals surface area contributed by atoms with Crippen molar-refractivity contribution in [1.82, 2.24) is 24.5 Å². The molecule has 18 heteroatoms. The highest BCUT2D eigenvalue weighted by Gasteiger charge is 2.28. The van der Waals surface area contributed by atoms with E-state index in [0.717, 1.165) is 147 Å². The van der Waals surface area contributed by atoms with Crippen molar-refractivity contribution in [3.63, 3.8) is 0 Å². The van der Waals surface area contributed by atoms with Gasteiger partial charge in [-0.1, -0.05) is 88.5 Å². The van der Waals surface area contributed by atoms with Gasteiger partial charge >= 0.3 is 11.9 Å². The van der Waals surface area contributed by atoms with Crippen molar-refractivity contribution in [2.45, 2.75) is 160 Å². The van der Waals surface area contributed by atoms with Crippen molar-refractivity contribution in [3.05, 3.63) is 126 Å². The Kier molecular flexibility index (Phi) is 23.8. The third kappa shape index (κ3) is 18.9. The molecular weight excluding hydrogens is 1080 g/mol. The number of carbonyl (C=O) groups excluding carboxylic acids is 2. The van der Waals surface area contributed by atoms with E-state index in [9.17, 15) is 9.59 Å². The molecular formula is C68H90N10O8. The van der Waals surface area contributed by atoms with Gasteiger partial charge in [-0.15, -0.1) is 0 Å². The molecule has 2 saturated carbocycles. The summed E-state index contributed by atoms with van der Waals surface area (Å²) in [4.78, 5) is 44.7. The fourth-order valence-electron chi connectivity index (χ4n) is 11.3. The van der Waals surface area contributed by atoms with E-state index in [0.29, 0.717) is 56.6 Å². The minimum atomic E-state index is -0.144. The van der Waals surface area contributed by atoms with Crippen LogP contribution in [0.1, 0.15) is 147 Å². The average Bonchev–Trinajstić information content (AvgIpc) is 2.69. The van der Waals surface area contributed by atoms with Crippen molar-refractivity contribution in [2.75, 3.05) is 74.4 Å². The second-order valence-corrected chi connectivity index (χ2v) is 22.6. The Morgan fingerprint density at radius 1 is 0.512 bits per heavy atom. The number of ether oxygens (including phenoxy) is 6. The van der Waals surface area contributed by atoms with Crippen LogP contribution in [0.3, 0.4) is 0 Å². The first-order valence-corrected chi connectivity index (χ1v) is 31.2. The first-order valence-electron chi connectivity index (χ1n) is 31.2. The molecule has 4 N–H and O–H groups in total. The molecule has 4 aromatic carbocycles. The Labute approximate surface area is 509 Å². The van der Waals surface area contributed by atoms with Gasteiger partial charge in [0.1, 0.15) is 46.1 Å². The molecule has 0 bridgehead atoms. The Bertz CT molecular complexity index is 3190. The number of carbonyl (C=O) groups is 2. The first-order chi connectivity index (χ1) is 42.2. The molecule has 3 aliphatic rings. The van der Waals surface area contributed by atoms with Gasteiger partial charge in [0.05, 0.1) is 47.0 Å². The van der Waals surface area contributed by atoms with Crippen LogP contribution >= 0.6 is 0 Å². The first kappa shape index (κ1) is 62.3. The zero-order chi connectivity index (χ0) is 59.7. The fraction of sp³-hybridized carbons (Fsp3) is 0.471. The lowest BCUT2D eigenvalue weighted by molar-refractivity contribution is -0.141. The molecule has 10 rings (SSSR count). The van der Waals surface area contributed by atoms with E-state index in [1.807, 2.05) is 72.8 Å². The summed E-state index contributed by atoms with van der Waals surface area (Å²) in [5.74, 6) is 7.07. The molecule has 3 aromatic heterocycles. The Hall–Kier alpha value is -8.28. The highest BCUT2D eigenvalue weighted by atomic mass is 16.5. The van der Waals surface area contributed by atoms with Gasteiger partial charge < -0.3 is 59.2 Å². The lowest BCUT2D eigenvalue weighted by Crippen LogP contribution is -2.24. The summed E-state index contributed by atoms with van der Waals surface area (Å²) in [5.41, 5.74) is 6.30. The molecule has 0 amide bonds. The Morgan fingerprint density at radius 3 is 1.49 bits per heavy atom. The second kappa shape index (κ2) is 32.8. The van der Waals surface area contributed by atoms with E-state index in [4.69, 9.17) is 38.9 Å². The maximum Gasteiger partial charge on any atom is 0.305 e. The molecule has 7 aromatic rings. The van der Waals surface area contributed by atoms with Crippen LogP contribution in [0.15, 0.2) is 109 Å². The quantitative estimate of drug-likeness (QED) is 0.0245. The molecule has 0 saturated heterocycles. The summed E-state index contributed by atoms with van der Waals surface area (Å²) in [7, 11) is 6.24. The van der Waals surface area contributed by atoms with E-state index < -0.39 is 0 Å². The number of aromatic nitrogens is 5.